The SMILES string of the molecule is CC1(C)Cc2nc(-c3ncc(Cl)cc3Cl)sc2C(O)C1. The molecule has 20 heavy (non-hydrogen) atoms. The normalized spacial score (nSPS) is 20.8. The fraction of sp³-hybridized carbons (Fsp3) is 0.429. The topological polar surface area (TPSA) is 46.0 Å². The lowest BCUT2D eigenvalue weighted by Gasteiger charge is -2.31. The molecule has 1 unspecified atom stereocenters. The smallest absolute Gasteiger partial charge is 0.144 e. The van der Waals surface area contributed by atoms with Gasteiger partial charge in [-0.2, -0.15) is 0 Å². The van der Waals surface area contributed by atoms with Crippen LogP contribution in [0.25, 0.3) is 10.7 Å². The summed E-state index contributed by atoms with van der Waals surface area (Å²) in [6.45, 7) is 4.29. The van der Waals surface area contributed by atoms with Crippen molar-refractivity contribution < 1.29 is 5.11 Å². The van der Waals surface area contributed by atoms with Gasteiger partial charge in [-0.3, -0.25) is 4.98 Å². The van der Waals surface area contributed by atoms with Crippen molar-refractivity contribution in [3.8, 4) is 10.7 Å². The van der Waals surface area contributed by atoms with E-state index in [4.69, 9.17) is 23.2 Å². The molecule has 2 aromatic heterocycles. The van der Waals surface area contributed by atoms with Gasteiger partial charge >= 0.3 is 0 Å². The average molecular weight is 329 g/mol. The molecule has 106 valence electrons. The van der Waals surface area contributed by atoms with Gasteiger partial charge in [-0.1, -0.05) is 37.0 Å². The van der Waals surface area contributed by atoms with Gasteiger partial charge in [0.1, 0.15) is 10.7 Å². The Morgan fingerprint density at radius 1 is 1.40 bits per heavy atom. The predicted octanol–water partition coefficient (Wildman–Crippen LogP) is 4.52. The molecular weight excluding hydrogens is 315 g/mol. The molecule has 1 atom stereocenters. The van der Waals surface area contributed by atoms with Gasteiger partial charge < -0.3 is 5.11 Å². The zero-order chi connectivity index (χ0) is 14.5. The van der Waals surface area contributed by atoms with Crippen LogP contribution in [0.2, 0.25) is 10.0 Å². The van der Waals surface area contributed by atoms with Crippen molar-refractivity contribution in [3.63, 3.8) is 0 Å². The van der Waals surface area contributed by atoms with Crippen LogP contribution in [0.1, 0.15) is 36.9 Å². The first-order chi connectivity index (χ1) is 9.35. The lowest BCUT2D eigenvalue weighted by Crippen LogP contribution is -2.24. The molecule has 0 spiro atoms. The van der Waals surface area contributed by atoms with Gasteiger partial charge in [-0.15, -0.1) is 11.3 Å². The van der Waals surface area contributed by atoms with Crippen molar-refractivity contribution in [1.29, 1.82) is 0 Å². The molecule has 0 fully saturated rings. The van der Waals surface area contributed by atoms with Crippen LogP contribution in [-0.2, 0) is 6.42 Å². The van der Waals surface area contributed by atoms with E-state index in [1.807, 2.05) is 0 Å². The van der Waals surface area contributed by atoms with Crippen LogP contribution in [0, 0.1) is 5.41 Å². The minimum absolute atomic E-state index is 0.0645. The van der Waals surface area contributed by atoms with Crippen molar-refractivity contribution in [2.45, 2.75) is 32.8 Å². The molecule has 0 saturated carbocycles. The fourth-order valence-electron chi connectivity index (χ4n) is 2.57. The third kappa shape index (κ3) is 2.58. The van der Waals surface area contributed by atoms with Gasteiger partial charge in [0.25, 0.3) is 0 Å². The van der Waals surface area contributed by atoms with Gasteiger partial charge in [-0.05, 0) is 24.3 Å². The Labute approximate surface area is 131 Å². The van der Waals surface area contributed by atoms with E-state index in [1.165, 1.54) is 11.3 Å². The Morgan fingerprint density at radius 3 is 2.85 bits per heavy atom. The molecule has 0 saturated heterocycles. The van der Waals surface area contributed by atoms with Crippen LogP contribution in [0.5, 0.6) is 0 Å². The summed E-state index contributed by atoms with van der Waals surface area (Å²) in [6.07, 6.45) is 2.72. The monoisotopic (exact) mass is 328 g/mol. The van der Waals surface area contributed by atoms with Crippen molar-refractivity contribution >= 4 is 34.5 Å². The number of hydrogen-bond donors (Lipinski definition) is 1. The maximum absolute atomic E-state index is 10.3. The molecule has 0 amide bonds. The zero-order valence-electron chi connectivity index (χ0n) is 11.2. The number of thiazole rings is 1. The first-order valence-corrected chi connectivity index (χ1v) is 7.92. The second kappa shape index (κ2) is 4.95. The number of fused-ring (bicyclic) bond motifs is 1. The molecule has 3 rings (SSSR count). The quantitative estimate of drug-likeness (QED) is 0.837. The summed E-state index contributed by atoms with van der Waals surface area (Å²) in [5.41, 5.74) is 1.65. The summed E-state index contributed by atoms with van der Waals surface area (Å²) in [5.74, 6) is 0. The summed E-state index contributed by atoms with van der Waals surface area (Å²) >= 11 is 13.5. The molecule has 0 bridgehead atoms. The highest BCUT2D eigenvalue weighted by Gasteiger charge is 2.34. The lowest BCUT2D eigenvalue weighted by atomic mass is 9.77. The largest absolute Gasteiger partial charge is 0.387 e. The van der Waals surface area contributed by atoms with Gasteiger partial charge in [0, 0.05) is 6.20 Å². The van der Waals surface area contributed by atoms with Crippen molar-refractivity contribution in [3.05, 3.63) is 32.9 Å². The molecule has 0 aromatic carbocycles. The van der Waals surface area contributed by atoms with E-state index in [0.717, 1.165) is 28.4 Å². The third-order valence-corrected chi connectivity index (χ3v) is 5.13. The molecule has 2 heterocycles. The summed E-state index contributed by atoms with van der Waals surface area (Å²) < 4.78 is 0. The van der Waals surface area contributed by atoms with Gasteiger partial charge in [-0.25, -0.2) is 4.98 Å². The minimum Gasteiger partial charge on any atom is -0.387 e. The second-order valence-electron chi connectivity index (χ2n) is 5.87. The van der Waals surface area contributed by atoms with E-state index in [0.29, 0.717) is 15.7 Å². The molecule has 1 N–H and O–H groups in total. The van der Waals surface area contributed by atoms with Gasteiger partial charge in [0.15, 0.2) is 0 Å². The minimum atomic E-state index is -0.453. The van der Waals surface area contributed by atoms with Crippen LogP contribution in [0.4, 0.5) is 0 Å². The highest BCUT2D eigenvalue weighted by atomic mass is 35.5. The molecule has 3 nitrogen and oxygen atoms in total. The average Bonchev–Trinajstić information content (AvgIpc) is 2.70. The van der Waals surface area contributed by atoms with Crippen LogP contribution in [0.15, 0.2) is 12.3 Å². The number of halogens is 2. The number of rotatable bonds is 1. The van der Waals surface area contributed by atoms with E-state index in [2.05, 4.69) is 23.8 Å². The third-order valence-electron chi connectivity index (χ3n) is 3.43. The highest BCUT2D eigenvalue weighted by molar-refractivity contribution is 7.15. The van der Waals surface area contributed by atoms with E-state index in [9.17, 15) is 5.11 Å². The molecule has 6 heteroatoms. The fourth-order valence-corrected chi connectivity index (χ4v) is 4.17. The summed E-state index contributed by atoms with van der Waals surface area (Å²) in [5, 5.41) is 12.0. The molecular formula is C14H14Cl2N2OS. The second-order valence-corrected chi connectivity index (χ2v) is 7.75. The molecule has 2 aromatic rings. The van der Waals surface area contributed by atoms with Crippen LogP contribution >= 0.6 is 34.5 Å². The Morgan fingerprint density at radius 2 is 2.15 bits per heavy atom. The van der Waals surface area contributed by atoms with Crippen LogP contribution in [-0.4, -0.2) is 15.1 Å². The standard InChI is InChI=1S/C14H14Cl2N2OS/c1-14(2)4-9-12(10(19)5-14)20-13(18-9)11-8(16)3-7(15)6-17-11/h3,6,10,19H,4-5H2,1-2H3. The molecule has 0 radical (unpaired) electrons. The number of aliphatic hydroxyl groups is 1. The first-order valence-electron chi connectivity index (χ1n) is 6.35. The van der Waals surface area contributed by atoms with Gasteiger partial charge in [0.2, 0.25) is 0 Å². The van der Waals surface area contributed by atoms with E-state index in [-0.39, 0.29) is 5.41 Å². The predicted molar refractivity (Wildman–Crippen MR) is 82.4 cm³/mol. The summed E-state index contributed by atoms with van der Waals surface area (Å²) in [7, 11) is 0. The van der Waals surface area contributed by atoms with Crippen molar-refractivity contribution in [2.24, 2.45) is 5.41 Å². The van der Waals surface area contributed by atoms with Crippen molar-refractivity contribution in [1.82, 2.24) is 9.97 Å². The van der Waals surface area contributed by atoms with E-state index in [1.54, 1.807) is 12.3 Å². The highest BCUT2D eigenvalue weighted by Crippen LogP contribution is 2.45. The van der Waals surface area contributed by atoms with Crippen molar-refractivity contribution in [2.75, 3.05) is 0 Å². The van der Waals surface area contributed by atoms with Crippen LogP contribution in [0.3, 0.4) is 0 Å². The lowest BCUT2D eigenvalue weighted by molar-refractivity contribution is 0.102. The Balaban J connectivity index is 2.06. The Bertz CT molecular complexity index is 669. The van der Waals surface area contributed by atoms with Gasteiger partial charge in [0.05, 0.1) is 26.7 Å². The molecule has 0 aliphatic heterocycles. The Kier molecular flexibility index (Phi) is 3.53. The van der Waals surface area contributed by atoms with E-state index >= 15 is 0 Å². The summed E-state index contributed by atoms with van der Waals surface area (Å²) in [6, 6.07) is 1.66. The molecule has 1 aliphatic rings. The maximum Gasteiger partial charge on any atom is 0.144 e. The van der Waals surface area contributed by atoms with E-state index < -0.39 is 6.10 Å². The number of hydrogen-bond acceptors (Lipinski definition) is 4. The first kappa shape index (κ1) is 14.3. The number of nitrogens with zero attached hydrogens (tertiary/aromatic N) is 2. The number of aromatic nitrogens is 2. The van der Waals surface area contributed by atoms with Crippen LogP contribution < -0.4 is 0 Å². The number of aliphatic hydroxyl groups excluding tert-OH is 1. The zero-order valence-corrected chi connectivity index (χ0v) is 13.5. The molecule has 1 aliphatic carbocycles. The summed E-state index contributed by atoms with van der Waals surface area (Å²) in [4.78, 5) is 9.82. The maximum atomic E-state index is 10.3. The Hall–Kier alpha value is -0.680. The number of pyridine rings is 1.